The lowest BCUT2D eigenvalue weighted by Gasteiger charge is -2.25. The number of hydrogen-bond donors (Lipinski definition) is 0. The summed E-state index contributed by atoms with van der Waals surface area (Å²) in [7, 11) is 0. The second kappa shape index (κ2) is 6.85. The van der Waals surface area contributed by atoms with Gasteiger partial charge in [0.1, 0.15) is 15.8 Å². The molecule has 2 saturated carbocycles. The van der Waals surface area contributed by atoms with Gasteiger partial charge in [0.25, 0.3) is 5.91 Å². The van der Waals surface area contributed by atoms with Gasteiger partial charge in [-0.15, -0.1) is 11.6 Å². The summed E-state index contributed by atoms with van der Waals surface area (Å²) in [4.78, 5) is 14.9. The van der Waals surface area contributed by atoms with E-state index >= 15 is 0 Å². The van der Waals surface area contributed by atoms with Gasteiger partial charge in [0, 0.05) is 23.9 Å². The van der Waals surface area contributed by atoms with Crippen molar-refractivity contribution in [2.45, 2.75) is 49.8 Å². The topological polar surface area (TPSA) is 33.5 Å². The zero-order valence-electron chi connectivity index (χ0n) is 13.4. The van der Waals surface area contributed by atoms with Gasteiger partial charge in [-0.25, -0.2) is 0 Å². The van der Waals surface area contributed by atoms with Crippen LogP contribution in [0.25, 0.3) is 6.08 Å². The molecular formula is C18H20ClNO2S2. The molecule has 2 aliphatic carbocycles. The first-order valence-corrected chi connectivity index (χ1v) is 10.3. The Labute approximate surface area is 156 Å². The van der Waals surface area contributed by atoms with E-state index < -0.39 is 0 Å². The summed E-state index contributed by atoms with van der Waals surface area (Å²) in [5.74, 6) is 2.59. The van der Waals surface area contributed by atoms with Gasteiger partial charge in [0.15, 0.2) is 0 Å². The van der Waals surface area contributed by atoms with Gasteiger partial charge >= 0.3 is 0 Å². The Morgan fingerprint density at radius 1 is 1.29 bits per heavy atom. The van der Waals surface area contributed by atoms with Gasteiger partial charge in [-0.1, -0.05) is 36.8 Å². The molecule has 1 aromatic heterocycles. The number of rotatable bonds is 4. The Morgan fingerprint density at radius 3 is 2.83 bits per heavy atom. The first kappa shape index (κ1) is 16.7. The fourth-order valence-corrected chi connectivity index (χ4v) is 5.06. The molecule has 1 saturated heterocycles. The van der Waals surface area contributed by atoms with Crippen molar-refractivity contribution in [3.63, 3.8) is 0 Å². The minimum atomic E-state index is 0.0164. The highest BCUT2D eigenvalue weighted by Gasteiger charge is 2.36. The molecule has 2 heterocycles. The quantitative estimate of drug-likeness (QED) is 0.410. The van der Waals surface area contributed by atoms with Crippen LogP contribution < -0.4 is 0 Å². The molecule has 2 atom stereocenters. The zero-order chi connectivity index (χ0) is 16.7. The van der Waals surface area contributed by atoms with Gasteiger partial charge in [-0.2, -0.15) is 0 Å². The van der Waals surface area contributed by atoms with Crippen molar-refractivity contribution in [3.8, 4) is 0 Å². The van der Waals surface area contributed by atoms with Crippen molar-refractivity contribution in [2.24, 2.45) is 5.92 Å². The van der Waals surface area contributed by atoms with E-state index in [1.165, 1.54) is 37.4 Å². The van der Waals surface area contributed by atoms with E-state index in [2.05, 4.69) is 0 Å². The van der Waals surface area contributed by atoms with Crippen LogP contribution in [0.1, 0.15) is 56.0 Å². The maximum atomic E-state index is 12.5. The molecule has 3 aliphatic rings. The number of alkyl halides is 1. The average molecular weight is 382 g/mol. The number of thiocarbonyl (C=S) groups is 1. The van der Waals surface area contributed by atoms with Crippen LogP contribution in [0.3, 0.4) is 0 Å². The summed E-state index contributed by atoms with van der Waals surface area (Å²) < 4.78 is 6.64. The predicted molar refractivity (Wildman–Crippen MR) is 102 cm³/mol. The van der Waals surface area contributed by atoms with E-state index in [0.717, 1.165) is 25.1 Å². The maximum absolute atomic E-state index is 12.5. The SMILES string of the molecule is O=C1/C(=C/c2ccc(C3CCCC[C@@H]3Cl)o2)SC(=S)N1CC1CC1. The Balaban J connectivity index is 1.49. The van der Waals surface area contributed by atoms with Gasteiger partial charge in [0.05, 0.1) is 4.91 Å². The largest absolute Gasteiger partial charge is 0.461 e. The lowest BCUT2D eigenvalue weighted by molar-refractivity contribution is -0.122. The molecule has 3 fully saturated rings. The number of nitrogens with zero attached hydrogens (tertiary/aromatic N) is 1. The standard InChI is InChI=1S/C18H20ClNO2S2/c19-14-4-2-1-3-13(14)15-8-7-12(22-15)9-16-17(21)20(18(23)24-16)10-11-5-6-11/h7-9,11,13-14H,1-6,10H2/b16-9-/t13?,14-/m0/s1. The normalized spacial score (nSPS) is 29.7. The molecule has 128 valence electrons. The third-order valence-corrected chi connectivity index (χ3v) is 6.88. The smallest absolute Gasteiger partial charge is 0.266 e. The van der Waals surface area contributed by atoms with Crippen molar-refractivity contribution in [1.29, 1.82) is 0 Å². The van der Waals surface area contributed by atoms with Crippen LogP contribution in [0, 0.1) is 5.92 Å². The number of hydrogen-bond acceptors (Lipinski definition) is 4. The van der Waals surface area contributed by atoms with Crippen molar-refractivity contribution < 1.29 is 9.21 Å². The van der Waals surface area contributed by atoms with E-state index in [1.807, 2.05) is 18.2 Å². The highest BCUT2D eigenvalue weighted by molar-refractivity contribution is 8.26. The summed E-state index contributed by atoms with van der Waals surface area (Å²) in [6.07, 6.45) is 8.75. The molecule has 4 rings (SSSR count). The van der Waals surface area contributed by atoms with Crippen molar-refractivity contribution in [2.75, 3.05) is 6.54 Å². The van der Waals surface area contributed by atoms with Crippen molar-refractivity contribution >= 4 is 51.9 Å². The summed E-state index contributed by atoms with van der Waals surface area (Å²) in [5.41, 5.74) is 0. The third kappa shape index (κ3) is 3.44. The van der Waals surface area contributed by atoms with Crippen LogP contribution in [0.4, 0.5) is 0 Å². The van der Waals surface area contributed by atoms with Crippen LogP contribution in [-0.2, 0) is 4.79 Å². The van der Waals surface area contributed by atoms with Crippen LogP contribution in [-0.4, -0.2) is 27.0 Å². The Kier molecular flexibility index (Phi) is 4.76. The zero-order valence-corrected chi connectivity index (χ0v) is 15.8. The second-order valence-corrected chi connectivity index (χ2v) is 9.12. The highest BCUT2D eigenvalue weighted by Crippen LogP contribution is 2.39. The summed E-state index contributed by atoms with van der Waals surface area (Å²) in [6, 6.07) is 3.93. The van der Waals surface area contributed by atoms with Gasteiger partial charge in [-0.3, -0.25) is 9.69 Å². The van der Waals surface area contributed by atoms with Crippen LogP contribution in [0.15, 0.2) is 21.5 Å². The Morgan fingerprint density at radius 2 is 2.08 bits per heavy atom. The fourth-order valence-electron chi connectivity index (χ4n) is 3.40. The maximum Gasteiger partial charge on any atom is 0.266 e. The number of furan rings is 1. The Hall–Kier alpha value is -0.780. The van der Waals surface area contributed by atoms with Crippen LogP contribution >= 0.6 is 35.6 Å². The van der Waals surface area contributed by atoms with E-state index in [1.54, 1.807) is 4.90 Å². The van der Waals surface area contributed by atoms with E-state index in [-0.39, 0.29) is 17.2 Å². The van der Waals surface area contributed by atoms with Crippen molar-refractivity contribution in [3.05, 3.63) is 28.6 Å². The first-order chi connectivity index (χ1) is 11.6. The fraction of sp³-hybridized carbons (Fsp3) is 0.556. The van der Waals surface area contributed by atoms with Gasteiger partial charge in [-0.05, 0) is 43.7 Å². The average Bonchev–Trinajstić information content (AvgIpc) is 3.21. The van der Waals surface area contributed by atoms with E-state index in [9.17, 15) is 4.79 Å². The molecule has 1 unspecified atom stereocenters. The molecule has 0 aromatic carbocycles. The summed E-state index contributed by atoms with van der Waals surface area (Å²) in [6.45, 7) is 0.765. The van der Waals surface area contributed by atoms with Crippen LogP contribution in [0.2, 0.25) is 0 Å². The van der Waals surface area contributed by atoms with Crippen molar-refractivity contribution in [1.82, 2.24) is 4.90 Å². The molecule has 24 heavy (non-hydrogen) atoms. The molecule has 0 bridgehead atoms. The minimum absolute atomic E-state index is 0.0164. The molecule has 3 nitrogen and oxygen atoms in total. The molecule has 0 radical (unpaired) electrons. The number of thioether (sulfide) groups is 1. The molecule has 1 aliphatic heterocycles. The summed E-state index contributed by atoms with van der Waals surface area (Å²) in [5, 5.41) is 0.148. The number of amides is 1. The minimum Gasteiger partial charge on any atom is -0.461 e. The molecule has 0 N–H and O–H groups in total. The highest BCUT2D eigenvalue weighted by atomic mass is 35.5. The molecule has 1 aromatic rings. The number of carbonyl (C=O) groups is 1. The summed E-state index contributed by atoms with van der Waals surface area (Å²) >= 11 is 13.2. The lowest BCUT2D eigenvalue weighted by Crippen LogP contribution is -2.30. The van der Waals surface area contributed by atoms with Gasteiger partial charge in [0.2, 0.25) is 0 Å². The monoisotopic (exact) mass is 381 g/mol. The second-order valence-electron chi connectivity index (χ2n) is 6.88. The molecule has 1 amide bonds. The van der Waals surface area contributed by atoms with E-state index in [0.29, 0.717) is 20.9 Å². The lowest BCUT2D eigenvalue weighted by atomic mass is 9.87. The molecular weight excluding hydrogens is 362 g/mol. The number of halogens is 1. The van der Waals surface area contributed by atoms with E-state index in [4.69, 9.17) is 28.2 Å². The predicted octanol–water partition coefficient (Wildman–Crippen LogP) is 5.16. The molecule has 0 spiro atoms. The van der Waals surface area contributed by atoms with Gasteiger partial charge < -0.3 is 4.42 Å². The Bertz CT molecular complexity index is 695. The molecule has 6 heteroatoms. The first-order valence-electron chi connectivity index (χ1n) is 8.61. The van der Waals surface area contributed by atoms with Crippen LogP contribution in [0.5, 0.6) is 0 Å². The third-order valence-electron chi connectivity index (χ3n) is 4.98. The number of carbonyl (C=O) groups excluding carboxylic acids is 1.